The number of aliphatic hydroxyl groups is 2. The van der Waals surface area contributed by atoms with Crippen LogP contribution >= 0.6 is 0 Å². The Hall–Kier alpha value is -2.79. The second-order valence-corrected chi connectivity index (χ2v) is 8.23. The molecule has 11 heteroatoms. The summed E-state index contributed by atoms with van der Waals surface area (Å²) in [5.74, 6) is 0. The van der Waals surface area contributed by atoms with Crippen LogP contribution in [0.25, 0.3) is 0 Å². The molecule has 0 spiro atoms. The SMILES string of the molecule is C=CCOC(=O)NC[C@@H](O)CN(CC1(O)CN(C(=O)OC(C)(C)C)C1)C(=O)OCC=C. The lowest BCUT2D eigenvalue weighted by Crippen LogP contribution is -2.68. The lowest BCUT2D eigenvalue weighted by molar-refractivity contribution is -0.111. The highest BCUT2D eigenvalue weighted by Gasteiger charge is 2.47. The van der Waals surface area contributed by atoms with Crippen molar-refractivity contribution in [1.82, 2.24) is 15.1 Å². The highest BCUT2D eigenvalue weighted by atomic mass is 16.6. The molecule has 31 heavy (non-hydrogen) atoms. The van der Waals surface area contributed by atoms with Crippen molar-refractivity contribution < 1.29 is 38.8 Å². The standard InChI is InChI=1S/C20H33N3O8/c1-6-8-29-16(25)21-10-15(24)11-22(17(26)30-9-7-2)12-20(28)13-23(14-20)18(27)31-19(3,4)5/h6-7,15,24,28H,1-2,8-14H2,3-5H3,(H,21,25)/t15-/m1/s1. The van der Waals surface area contributed by atoms with E-state index in [1.165, 1.54) is 17.1 Å². The zero-order valence-electron chi connectivity index (χ0n) is 18.3. The van der Waals surface area contributed by atoms with Crippen LogP contribution in [0, 0.1) is 0 Å². The molecule has 1 saturated heterocycles. The minimum absolute atomic E-state index is 0.0170. The smallest absolute Gasteiger partial charge is 0.410 e. The van der Waals surface area contributed by atoms with Gasteiger partial charge in [-0.15, -0.1) is 0 Å². The summed E-state index contributed by atoms with van der Waals surface area (Å²) < 4.78 is 15.0. The normalized spacial score (nSPS) is 15.7. The van der Waals surface area contributed by atoms with Gasteiger partial charge in [-0.05, 0) is 20.8 Å². The van der Waals surface area contributed by atoms with Crippen molar-refractivity contribution in [1.29, 1.82) is 0 Å². The molecule has 1 heterocycles. The van der Waals surface area contributed by atoms with Gasteiger partial charge in [0, 0.05) is 6.54 Å². The van der Waals surface area contributed by atoms with Gasteiger partial charge in [0.15, 0.2) is 0 Å². The molecule has 0 aromatic heterocycles. The van der Waals surface area contributed by atoms with Gasteiger partial charge in [0.25, 0.3) is 0 Å². The summed E-state index contributed by atoms with van der Waals surface area (Å²) in [5, 5.41) is 23.3. The fourth-order valence-electron chi connectivity index (χ4n) is 2.71. The van der Waals surface area contributed by atoms with Crippen molar-refractivity contribution in [2.24, 2.45) is 0 Å². The molecule has 176 valence electrons. The molecule has 3 amide bonds. The Morgan fingerprint density at radius 3 is 2.32 bits per heavy atom. The number of likely N-dealkylation sites (tertiary alicyclic amines) is 1. The van der Waals surface area contributed by atoms with E-state index >= 15 is 0 Å². The molecule has 0 unspecified atom stereocenters. The van der Waals surface area contributed by atoms with Crippen LogP contribution in [0.4, 0.5) is 14.4 Å². The Morgan fingerprint density at radius 1 is 1.19 bits per heavy atom. The van der Waals surface area contributed by atoms with Crippen LogP contribution < -0.4 is 5.32 Å². The lowest BCUT2D eigenvalue weighted by Gasteiger charge is -2.48. The van der Waals surface area contributed by atoms with E-state index in [0.717, 1.165) is 4.90 Å². The van der Waals surface area contributed by atoms with E-state index in [-0.39, 0.29) is 45.9 Å². The summed E-state index contributed by atoms with van der Waals surface area (Å²) in [6.07, 6.45) is -0.472. The predicted octanol–water partition coefficient (Wildman–Crippen LogP) is 0.866. The summed E-state index contributed by atoms with van der Waals surface area (Å²) in [6.45, 7) is 11.3. The van der Waals surface area contributed by atoms with Crippen LogP contribution in [0.15, 0.2) is 25.3 Å². The van der Waals surface area contributed by atoms with Gasteiger partial charge in [-0.2, -0.15) is 0 Å². The van der Waals surface area contributed by atoms with Crippen LogP contribution in [0.2, 0.25) is 0 Å². The Kier molecular flexibility index (Phi) is 9.79. The Morgan fingerprint density at radius 2 is 1.77 bits per heavy atom. The summed E-state index contributed by atoms with van der Waals surface area (Å²) in [6, 6.07) is 0. The molecule has 1 aliphatic rings. The number of carbonyl (C=O) groups excluding carboxylic acids is 3. The monoisotopic (exact) mass is 443 g/mol. The van der Waals surface area contributed by atoms with Crippen molar-refractivity contribution in [2.75, 3.05) is 45.9 Å². The van der Waals surface area contributed by atoms with E-state index < -0.39 is 35.6 Å². The third kappa shape index (κ3) is 9.71. The molecule has 3 N–H and O–H groups in total. The molecule has 11 nitrogen and oxygen atoms in total. The zero-order chi connectivity index (χ0) is 23.7. The van der Waals surface area contributed by atoms with E-state index in [1.54, 1.807) is 20.8 Å². The summed E-state index contributed by atoms with van der Waals surface area (Å²) >= 11 is 0. The number of aliphatic hydroxyl groups excluding tert-OH is 1. The fraction of sp³-hybridized carbons (Fsp3) is 0.650. The summed E-state index contributed by atoms with van der Waals surface area (Å²) in [5.41, 5.74) is -2.06. The first-order valence-corrected chi connectivity index (χ1v) is 9.81. The maximum atomic E-state index is 12.3. The summed E-state index contributed by atoms with van der Waals surface area (Å²) in [4.78, 5) is 38.3. The molecular formula is C20H33N3O8. The maximum absolute atomic E-state index is 12.3. The molecular weight excluding hydrogens is 410 g/mol. The van der Waals surface area contributed by atoms with Crippen molar-refractivity contribution in [3.63, 3.8) is 0 Å². The number of nitrogens with zero attached hydrogens (tertiary/aromatic N) is 2. The highest BCUT2D eigenvalue weighted by Crippen LogP contribution is 2.25. The molecule has 0 aromatic carbocycles. The first kappa shape index (κ1) is 26.2. The Balaban J connectivity index is 2.65. The van der Waals surface area contributed by atoms with Crippen molar-refractivity contribution in [3.05, 3.63) is 25.3 Å². The molecule has 1 atom stereocenters. The van der Waals surface area contributed by atoms with Crippen LogP contribution in [0.5, 0.6) is 0 Å². The number of carbonyl (C=O) groups is 3. The second-order valence-electron chi connectivity index (χ2n) is 8.23. The minimum atomic E-state index is -1.39. The van der Waals surface area contributed by atoms with Gasteiger partial charge >= 0.3 is 18.3 Å². The molecule has 0 radical (unpaired) electrons. The minimum Gasteiger partial charge on any atom is -0.445 e. The molecule has 1 aliphatic heterocycles. The second kappa shape index (κ2) is 11.6. The average Bonchev–Trinajstić information content (AvgIpc) is 2.64. The van der Waals surface area contributed by atoms with E-state index in [0.29, 0.717) is 0 Å². The van der Waals surface area contributed by atoms with Crippen LogP contribution in [-0.2, 0) is 14.2 Å². The number of rotatable bonds is 10. The number of nitrogens with one attached hydrogen (secondary N) is 1. The van der Waals surface area contributed by atoms with E-state index in [4.69, 9.17) is 14.2 Å². The molecule has 1 rings (SSSR count). The number of β-amino-alcohol motifs (C(OH)–C–C–N with tert-alkyl or cyclic N) is 1. The van der Waals surface area contributed by atoms with E-state index in [2.05, 4.69) is 18.5 Å². The van der Waals surface area contributed by atoms with Gasteiger partial charge in [-0.3, -0.25) is 0 Å². The van der Waals surface area contributed by atoms with Crippen LogP contribution in [-0.4, -0.2) is 102 Å². The van der Waals surface area contributed by atoms with Crippen molar-refractivity contribution in [3.8, 4) is 0 Å². The average molecular weight is 443 g/mol. The first-order valence-electron chi connectivity index (χ1n) is 9.81. The van der Waals surface area contributed by atoms with Gasteiger partial charge in [0.2, 0.25) is 0 Å². The number of ether oxygens (including phenoxy) is 3. The van der Waals surface area contributed by atoms with Gasteiger partial charge in [0.1, 0.15) is 24.4 Å². The fourth-order valence-corrected chi connectivity index (χ4v) is 2.71. The van der Waals surface area contributed by atoms with Gasteiger partial charge in [-0.25, -0.2) is 14.4 Å². The van der Waals surface area contributed by atoms with Gasteiger partial charge in [0.05, 0.1) is 32.3 Å². The predicted molar refractivity (Wildman–Crippen MR) is 111 cm³/mol. The molecule has 0 aromatic rings. The summed E-state index contributed by atoms with van der Waals surface area (Å²) in [7, 11) is 0. The molecule has 1 fully saturated rings. The van der Waals surface area contributed by atoms with E-state index in [1.807, 2.05) is 0 Å². The van der Waals surface area contributed by atoms with Crippen molar-refractivity contribution in [2.45, 2.75) is 38.1 Å². The topological polar surface area (TPSA) is 138 Å². The largest absolute Gasteiger partial charge is 0.445 e. The van der Waals surface area contributed by atoms with Gasteiger partial charge in [-0.1, -0.05) is 25.3 Å². The Labute approximate surface area is 182 Å². The van der Waals surface area contributed by atoms with Gasteiger partial charge < -0.3 is 39.5 Å². The first-order chi connectivity index (χ1) is 14.4. The lowest BCUT2D eigenvalue weighted by atomic mass is 9.94. The number of alkyl carbamates (subject to hydrolysis) is 1. The molecule has 0 saturated carbocycles. The number of hydrogen-bond acceptors (Lipinski definition) is 8. The Bertz CT molecular complexity index is 655. The number of hydrogen-bond donors (Lipinski definition) is 3. The quantitative estimate of drug-likeness (QED) is 0.334. The third-order valence-corrected chi connectivity index (χ3v) is 3.94. The van der Waals surface area contributed by atoms with Crippen molar-refractivity contribution >= 4 is 18.3 Å². The van der Waals surface area contributed by atoms with Crippen LogP contribution in [0.1, 0.15) is 20.8 Å². The maximum Gasteiger partial charge on any atom is 0.410 e. The number of amides is 3. The highest BCUT2D eigenvalue weighted by molar-refractivity contribution is 5.70. The van der Waals surface area contributed by atoms with E-state index in [9.17, 15) is 24.6 Å². The zero-order valence-corrected chi connectivity index (χ0v) is 18.3. The molecule has 0 aliphatic carbocycles. The third-order valence-electron chi connectivity index (χ3n) is 3.94. The van der Waals surface area contributed by atoms with Crippen LogP contribution in [0.3, 0.4) is 0 Å². The molecule has 0 bridgehead atoms.